The molecule has 1 amide bonds. The molecule has 0 radical (unpaired) electrons. The lowest BCUT2D eigenvalue weighted by Gasteiger charge is -2.16. The highest BCUT2D eigenvalue weighted by molar-refractivity contribution is 5.87. The SMILES string of the molecule is C[C@@H](F)[C@H](NC(=O)C(F)(F)F)C(=O)O. The third-order valence-corrected chi connectivity index (χ3v) is 1.27. The minimum atomic E-state index is -5.22. The summed E-state index contributed by atoms with van der Waals surface area (Å²) in [5.41, 5.74) is 0. The number of carboxylic acids is 1. The third-order valence-electron chi connectivity index (χ3n) is 1.27. The minimum Gasteiger partial charge on any atom is -0.480 e. The number of carboxylic acid groups (broad SMARTS) is 1. The van der Waals surface area contributed by atoms with E-state index in [2.05, 4.69) is 0 Å². The fraction of sp³-hybridized carbons (Fsp3) is 0.667. The molecule has 0 aliphatic carbocycles. The zero-order valence-electron chi connectivity index (χ0n) is 6.93. The van der Waals surface area contributed by atoms with Gasteiger partial charge in [-0.15, -0.1) is 0 Å². The number of hydrogen-bond donors (Lipinski definition) is 2. The fourth-order valence-electron chi connectivity index (χ4n) is 0.596. The second-order valence-corrected chi connectivity index (χ2v) is 2.46. The van der Waals surface area contributed by atoms with Crippen molar-refractivity contribution in [3.05, 3.63) is 0 Å². The van der Waals surface area contributed by atoms with Crippen molar-refractivity contribution in [2.75, 3.05) is 0 Å². The Morgan fingerprint density at radius 1 is 1.36 bits per heavy atom. The maximum Gasteiger partial charge on any atom is 0.471 e. The van der Waals surface area contributed by atoms with Gasteiger partial charge in [-0.3, -0.25) is 4.79 Å². The van der Waals surface area contributed by atoms with Gasteiger partial charge in [-0.2, -0.15) is 13.2 Å². The second-order valence-electron chi connectivity index (χ2n) is 2.46. The van der Waals surface area contributed by atoms with Gasteiger partial charge in [0.1, 0.15) is 6.17 Å². The van der Waals surface area contributed by atoms with Gasteiger partial charge in [0, 0.05) is 0 Å². The van der Waals surface area contributed by atoms with Crippen molar-refractivity contribution in [1.82, 2.24) is 5.32 Å². The van der Waals surface area contributed by atoms with Crippen molar-refractivity contribution in [1.29, 1.82) is 0 Å². The first kappa shape index (κ1) is 12.7. The summed E-state index contributed by atoms with van der Waals surface area (Å²) in [5, 5.41) is 9.25. The summed E-state index contributed by atoms with van der Waals surface area (Å²) < 4.78 is 47.2. The van der Waals surface area contributed by atoms with Crippen molar-refractivity contribution in [2.24, 2.45) is 0 Å². The molecular formula is C6H7F4NO3. The molecule has 0 aromatic rings. The normalized spacial score (nSPS) is 15.8. The smallest absolute Gasteiger partial charge is 0.471 e. The predicted molar refractivity (Wildman–Crippen MR) is 36.2 cm³/mol. The molecular weight excluding hydrogens is 210 g/mol. The maximum absolute atomic E-state index is 12.4. The first-order valence-electron chi connectivity index (χ1n) is 3.41. The Bertz CT molecular complexity index is 238. The Morgan fingerprint density at radius 3 is 2.00 bits per heavy atom. The number of carbonyl (C=O) groups is 2. The largest absolute Gasteiger partial charge is 0.480 e. The molecule has 0 spiro atoms. The molecule has 0 fully saturated rings. The van der Waals surface area contributed by atoms with Crippen LogP contribution in [-0.2, 0) is 9.59 Å². The van der Waals surface area contributed by atoms with Crippen LogP contribution in [0.5, 0.6) is 0 Å². The van der Waals surface area contributed by atoms with Crippen LogP contribution in [-0.4, -0.2) is 35.4 Å². The van der Waals surface area contributed by atoms with Crippen LogP contribution < -0.4 is 5.32 Å². The Morgan fingerprint density at radius 2 is 1.79 bits per heavy atom. The molecule has 0 unspecified atom stereocenters. The molecule has 0 rings (SSSR count). The molecule has 8 heteroatoms. The van der Waals surface area contributed by atoms with E-state index < -0.39 is 30.3 Å². The average Bonchev–Trinajstić information content (AvgIpc) is 1.96. The van der Waals surface area contributed by atoms with E-state index in [0.717, 1.165) is 12.2 Å². The van der Waals surface area contributed by atoms with Crippen LogP contribution in [0.25, 0.3) is 0 Å². The van der Waals surface area contributed by atoms with Crippen LogP contribution in [0.3, 0.4) is 0 Å². The monoisotopic (exact) mass is 217 g/mol. The Kier molecular flexibility index (Phi) is 3.84. The van der Waals surface area contributed by atoms with Crippen molar-refractivity contribution in [2.45, 2.75) is 25.3 Å². The van der Waals surface area contributed by atoms with E-state index in [4.69, 9.17) is 5.11 Å². The van der Waals surface area contributed by atoms with Crippen LogP contribution in [0.4, 0.5) is 17.6 Å². The van der Waals surface area contributed by atoms with Crippen molar-refractivity contribution >= 4 is 11.9 Å². The minimum absolute atomic E-state index is 0.732. The van der Waals surface area contributed by atoms with Gasteiger partial charge < -0.3 is 10.4 Å². The van der Waals surface area contributed by atoms with Crippen LogP contribution >= 0.6 is 0 Å². The summed E-state index contributed by atoms with van der Waals surface area (Å²) in [6, 6.07) is -2.19. The summed E-state index contributed by atoms with van der Waals surface area (Å²) >= 11 is 0. The number of nitrogens with one attached hydrogen (secondary N) is 1. The topological polar surface area (TPSA) is 66.4 Å². The van der Waals surface area contributed by atoms with Crippen molar-refractivity contribution < 1.29 is 32.3 Å². The predicted octanol–water partition coefficient (Wildman–Crippen LogP) is 0.476. The Hall–Kier alpha value is -1.34. The van der Waals surface area contributed by atoms with E-state index >= 15 is 0 Å². The molecule has 2 N–H and O–H groups in total. The molecule has 2 atom stereocenters. The molecule has 14 heavy (non-hydrogen) atoms. The third kappa shape index (κ3) is 3.58. The first-order valence-corrected chi connectivity index (χ1v) is 3.41. The first-order chi connectivity index (χ1) is 6.16. The molecule has 4 nitrogen and oxygen atoms in total. The average molecular weight is 217 g/mol. The van der Waals surface area contributed by atoms with E-state index in [9.17, 15) is 27.2 Å². The molecule has 0 aliphatic rings. The Balaban J connectivity index is 4.48. The summed E-state index contributed by atoms with van der Waals surface area (Å²) in [6.07, 6.45) is -7.33. The fourth-order valence-corrected chi connectivity index (χ4v) is 0.596. The molecule has 0 bridgehead atoms. The van der Waals surface area contributed by atoms with Crippen LogP contribution in [0.1, 0.15) is 6.92 Å². The molecule has 0 heterocycles. The highest BCUT2D eigenvalue weighted by Gasteiger charge is 2.42. The van der Waals surface area contributed by atoms with Crippen molar-refractivity contribution in [3.63, 3.8) is 0 Å². The van der Waals surface area contributed by atoms with Gasteiger partial charge in [0.05, 0.1) is 0 Å². The van der Waals surface area contributed by atoms with Crippen molar-refractivity contribution in [3.8, 4) is 0 Å². The van der Waals surface area contributed by atoms with Crippen LogP contribution in [0.2, 0.25) is 0 Å². The molecule has 0 saturated carbocycles. The molecule has 0 saturated heterocycles. The van der Waals surface area contributed by atoms with Gasteiger partial charge >= 0.3 is 18.1 Å². The maximum atomic E-state index is 12.4. The number of amides is 1. The van der Waals surface area contributed by atoms with Crippen LogP contribution in [0.15, 0.2) is 0 Å². The van der Waals surface area contributed by atoms with Crippen LogP contribution in [0, 0.1) is 0 Å². The highest BCUT2D eigenvalue weighted by Crippen LogP contribution is 2.15. The van der Waals surface area contributed by atoms with Gasteiger partial charge in [0.15, 0.2) is 6.04 Å². The van der Waals surface area contributed by atoms with Gasteiger partial charge in [-0.25, -0.2) is 9.18 Å². The highest BCUT2D eigenvalue weighted by atomic mass is 19.4. The number of halogens is 4. The quantitative estimate of drug-likeness (QED) is 0.675. The standard InChI is InChI=1S/C6H7F4NO3/c1-2(7)3(4(12)13)11-5(14)6(8,9)10/h2-3H,1H3,(H,11,14)(H,12,13)/t2-,3+/m1/s1. The van der Waals surface area contributed by atoms with E-state index in [0.29, 0.717) is 0 Å². The van der Waals surface area contributed by atoms with Gasteiger partial charge in [0.25, 0.3) is 0 Å². The summed E-state index contributed by atoms with van der Waals surface area (Å²) in [5.74, 6) is -4.34. The molecule has 0 aromatic heterocycles. The second kappa shape index (κ2) is 4.25. The van der Waals surface area contributed by atoms with E-state index in [1.165, 1.54) is 0 Å². The summed E-state index contributed by atoms with van der Waals surface area (Å²) in [7, 11) is 0. The zero-order chi connectivity index (χ0) is 11.5. The van der Waals surface area contributed by atoms with E-state index in [1.54, 1.807) is 0 Å². The molecule has 82 valence electrons. The number of rotatable bonds is 3. The zero-order valence-corrected chi connectivity index (χ0v) is 6.93. The Labute approximate surface area is 75.9 Å². The van der Waals surface area contributed by atoms with Gasteiger partial charge in [-0.05, 0) is 6.92 Å². The molecule has 0 aliphatic heterocycles. The summed E-state index contributed by atoms with van der Waals surface area (Å²) in [6.45, 7) is 0.732. The number of alkyl halides is 4. The number of carbonyl (C=O) groups excluding carboxylic acids is 1. The lowest BCUT2D eigenvalue weighted by Crippen LogP contribution is -2.50. The lowest BCUT2D eigenvalue weighted by molar-refractivity contribution is -0.176. The summed E-state index contributed by atoms with van der Waals surface area (Å²) in [4.78, 5) is 20.4. The van der Waals surface area contributed by atoms with E-state index in [-0.39, 0.29) is 0 Å². The van der Waals surface area contributed by atoms with E-state index in [1.807, 2.05) is 0 Å². The molecule has 0 aromatic carbocycles. The number of aliphatic carboxylic acids is 1. The lowest BCUT2D eigenvalue weighted by atomic mass is 10.2. The van der Waals surface area contributed by atoms with Gasteiger partial charge in [-0.1, -0.05) is 0 Å². The number of hydrogen-bond acceptors (Lipinski definition) is 2. The van der Waals surface area contributed by atoms with Gasteiger partial charge in [0.2, 0.25) is 0 Å².